The molecule has 1 aliphatic rings. The highest BCUT2D eigenvalue weighted by atomic mass is 79.9. The van der Waals surface area contributed by atoms with E-state index in [1.165, 1.54) is 11.8 Å². The van der Waals surface area contributed by atoms with Gasteiger partial charge in [-0.2, -0.15) is 0 Å². The Hall–Kier alpha value is -0.730. The number of thioether (sulfide) groups is 1. The fourth-order valence-corrected chi connectivity index (χ4v) is 6.15. The number of carbonyl (C=O) groups is 1. The van der Waals surface area contributed by atoms with Gasteiger partial charge in [0.25, 0.3) is 0 Å². The predicted octanol–water partition coefficient (Wildman–Crippen LogP) is 2.20. The molecule has 8 heteroatoms. The largest absolute Gasteiger partial charge is 0.397 e. The molecule has 1 fully saturated rings. The number of halogens is 1. The Labute approximate surface area is 137 Å². The zero-order valence-corrected chi connectivity index (χ0v) is 14.8. The first-order valence-corrected chi connectivity index (χ1v) is 10.1. The number of sulfone groups is 1. The maximum Gasteiger partial charge on any atom is 0.234 e. The van der Waals surface area contributed by atoms with Crippen LogP contribution >= 0.6 is 27.7 Å². The van der Waals surface area contributed by atoms with Crippen LogP contribution in [-0.2, 0) is 14.6 Å². The number of aryl methyl sites for hydroxylation is 1. The first-order valence-electron chi connectivity index (χ1n) is 6.44. The van der Waals surface area contributed by atoms with Gasteiger partial charge in [-0.1, -0.05) is 15.9 Å². The van der Waals surface area contributed by atoms with E-state index in [1.807, 2.05) is 13.0 Å². The number of nitrogens with two attached hydrogens (primary N) is 1. The number of amides is 1. The van der Waals surface area contributed by atoms with E-state index in [4.69, 9.17) is 5.73 Å². The van der Waals surface area contributed by atoms with Crippen LogP contribution in [0.1, 0.15) is 12.0 Å². The fraction of sp³-hybridized carbons (Fsp3) is 0.462. The lowest BCUT2D eigenvalue weighted by molar-refractivity contribution is -0.113. The zero-order valence-electron chi connectivity index (χ0n) is 11.6. The molecule has 1 aromatic rings. The van der Waals surface area contributed by atoms with Crippen LogP contribution in [0.2, 0.25) is 0 Å². The van der Waals surface area contributed by atoms with Crippen molar-refractivity contribution in [3.8, 4) is 0 Å². The molecule has 1 aromatic carbocycles. The van der Waals surface area contributed by atoms with Crippen LogP contribution < -0.4 is 11.1 Å². The molecule has 1 saturated heterocycles. The minimum atomic E-state index is -2.90. The summed E-state index contributed by atoms with van der Waals surface area (Å²) in [6.07, 6.45) is 0.623. The normalized spacial score (nSPS) is 20.4. The van der Waals surface area contributed by atoms with Crippen molar-refractivity contribution in [2.24, 2.45) is 0 Å². The minimum Gasteiger partial charge on any atom is -0.397 e. The standard InChI is InChI=1S/C13H17BrN2O3S2/c1-8-4-9(14)5-11(13(8)15)16-12(17)6-20-10-2-3-21(18,19)7-10/h4-5,10H,2-3,6-7,15H2,1H3,(H,16,17). The Morgan fingerprint density at radius 1 is 1.52 bits per heavy atom. The molecule has 1 amide bonds. The van der Waals surface area contributed by atoms with Crippen LogP contribution in [0.5, 0.6) is 0 Å². The second-order valence-corrected chi connectivity index (χ2v) is 9.50. The van der Waals surface area contributed by atoms with Crippen molar-refractivity contribution in [3.05, 3.63) is 22.2 Å². The van der Waals surface area contributed by atoms with Crippen molar-refractivity contribution in [2.75, 3.05) is 28.3 Å². The maximum atomic E-state index is 12.0. The molecule has 0 saturated carbocycles. The van der Waals surface area contributed by atoms with E-state index < -0.39 is 9.84 Å². The summed E-state index contributed by atoms with van der Waals surface area (Å²) in [7, 11) is -2.90. The zero-order chi connectivity index (χ0) is 15.6. The van der Waals surface area contributed by atoms with Gasteiger partial charge in [0.15, 0.2) is 9.84 Å². The Morgan fingerprint density at radius 3 is 2.86 bits per heavy atom. The van der Waals surface area contributed by atoms with Gasteiger partial charge in [0.2, 0.25) is 5.91 Å². The third-order valence-electron chi connectivity index (χ3n) is 3.27. The summed E-state index contributed by atoms with van der Waals surface area (Å²) in [4.78, 5) is 12.0. The smallest absolute Gasteiger partial charge is 0.234 e. The Bertz CT molecular complexity index is 662. The Kier molecular flexibility index (Phi) is 5.21. The molecule has 0 bridgehead atoms. The first kappa shape index (κ1) is 16.6. The molecule has 3 N–H and O–H groups in total. The van der Waals surface area contributed by atoms with E-state index in [-0.39, 0.29) is 28.4 Å². The van der Waals surface area contributed by atoms with Gasteiger partial charge in [-0.05, 0) is 31.0 Å². The van der Waals surface area contributed by atoms with Gasteiger partial charge in [-0.3, -0.25) is 4.79 Å². The van der Waals surface area contributed by atoms with Gasteiger partial charge in [-0.25, -0.2) is 8.42 Å². The van der Waals surface area contributed by atoms with E-state index in [0.29, 0.717) is 17.8 Å². The highest BCUT2D eigenvalue weighted by Crippen LogP contribution is 2.28. The van der Waals surface area contributed by atoms with Crippen LogP contribution in [0.3, 0.4) is 0 Å². The number of benzene rings is 1. The summed E-state index contributed by atoms with van der Waals surface area (Å²) in [5.41, 5.74) is 7.93. The molecule has 1 unspecified atom stereocenters. The van der Waals surface area contributed by atoms with Crippen LogP contribution in [-0.4, -0.2) is 36.8 Å². The molecular weight excluding hydrogens is 376 g/mol. The van der Waals surface area contributed by atoms with Gasteiger partial charge >= 0.3 is 0 Å². The predicted molar refractivity (Wildman–Crippen MR) is 91.4 cm³/mol. The number of hydrogen-bond acceptors (Lipinski definition) is 5. The molecule has 116 valence electrons. The monoisotopic (exact) mass is 392 g/mol. The lowest BCUT2D eigenvalue weighted by Gasteiger charge is -2.12. The molecule has 0 aromatic heterocycles. The van der Waals surface area contributed by atoms with Crippen LogP contribution in [0, 0.1) is 6.92 Å². The van der Waals surface area contributed by atoms with E-state index in [9.17, 15) is 13.2 Å². The molecule has 0 spiro atoms. The number of anilines is 2. The van der Waals surface area contributed by atoms with Gasteiger partial charge in [0.1, 0.15) is 0 Å². The molecule has 2 rings (SSSR count). The number of carbonyl (C=O) groups excluding carboxylic acids is 1. The van der Waals surface area contributed by atoms with Gasteiger partial charge in [0, 0.05) is 9.72 Å². The van der Waals surface area contributed by atoms with Crippen molar-refractivity contribution in [1.29, 1.82) is 0 Å². The molecule has 5 nitrogen and oxygen atoms in total. The van der Waals surface area contributed by atoms with Gasteiger partial charge < -0.3 is 11.1 Å². The minimum absolute atomic E-state index is 0.0161. The Morgan fingerprint density at radius 2 is 2.24 bits per heavy atom. The third-order valence-corrected chi connectivity index (χ3v) is 7.01. The van der Waals surface area contributed by atoms with E-state index in [2.05, 4.69) is 21.2 Å². The maximum absolute atomic E-state index is 12.0. The SMILES string of the molecule is Cc1cc(Br)cc(NC(=O)CSC2CCS(=O)(=O)C2)c1N. The highest BCUT2D eigenvalue weighted by Gasteiger charge is 2.28. The average molecular weight is 393 g/mol. The third kappa shape index (κ3) is 4.62. The van der Waals surface area contributed by atoms with Gasteiger partial charge in [-0.15, -0.1) is 11.8 Å². The van der Waals surface area contributed by atoms with Crippen LogP contribution in [0.25, 0.3) is 0 Å². The lowest BCUT2D eigenvalue weighted by Crippen LogP contribution is -2.18. The molecule has 0 aliphatic carbocycles. The summed E-state index contributed by atoms with van der Waals surface area (Å²) in [5.74, 6) is 0.451. The molecule has 1 atom stereocenters. The summed E-state index contributed by atoms with van der Waals surface area (Å²) >= 11 is 4.75. The average Bonchev–Trinajstić information content (AvgIpc) is 2.72. The topological polar surface area (TPSA) is 89.3 Å². The van der Waals surface area contributed by atoms with E-state index in [0.717, 1.165) is 10.0 Å². The number of nitrogen functional groups attached to an aromatic ring is 1. The van der Waals surface area contributed by atoms with Crippen molar-refractivity contribution in [2.45, 2.75) is 18.6 Å². The molecule has 21 heavy (non-hydrogen) atoms. The molecule has 1 heterocycles. The number of nitrogens with one attached hydrogen (secondary N) is 1. The van der Waals surface area contributed by atoms with Gasteiger partial charge in [0.05, 0.1) is 28.6 Å². The second-order valence-electron chi connectivity index (χ2n) is 5.07. The van der Waals surface area contributed by atoms with Crippen molar-refractivity contribution < 1.29 is 13.2 Å². The molecule has 1 aliphatic heterocycles. The van der Waals surface area contributed by atoms with Crippen LogP contribution in [0.15, 0.2) is 16.6 Å². The summed E-state index contributed by atoms with van der Waals surface area (Å²) < 4.78 is 23.6. The lowest BCUT2D eigenvalue weighted by atomic mass is 10.2. The summed E-state index contributed by atoms with van der Waals surface area (Å²) in [6, 6.07) is 3.63. The first-order chi connectivity index (χ1) is 9.77. The van der Waals surface area contributed by atoms with E-state index in [1.54, 1.807) is 6.07 Å². The molecular formula is C13H17BrN2O3S2. The number of rotatable bonds is 4. The van der Waals surface area contributed by atoms with Crippen molar-refractivity contribution in [3.63, 3.8) is 0 Å². The summed E-state index contributed by atoms with van der Waals surface area (Å²) in [5, 5.41) is 2.79. The summed E-state index contributed by atoms with van der Waals surface area (Å²) in [6.45, 7) is 1.87. The quantitative estimate of drug-likeness (QED) is 0.766. The van der Waals surface area contributed by atoms with Crippen molar-refractivity contribution in [1.82, 2.24) is 0 Å². The van der Waals surface area contributed by atoms with E-state index >= 15 is 0 Å². The second kappa shape index (κ2) is 6.58. The fourth-order valence-electron chi connectivity index (χ4n) is 2.13. The Balaban J connectivity index is 1.91. The van der Waals surface area contributed by atoms with Crippen molar-refractivity contribution >= 4 is 54.8 Å². The van der Waals surface area contributed by atoms with Crippen LogP contribution in [0.4, 0.5) is 11.4 Å². The molecule has 0 radical (unpaired) electrons. The number of hydrogen-bond donors (Lipinski definition) is 2. The highest BCUT2D eigenvalue weighted by molar-refractivity contribution is 9.10.